The number of aryl methyl sites for hydroxylation is 2. The van der Waals surface area contributed by atoms with Gasteiger partial charge in [-0.05, 0) is 55.5 Å². The van der Waals surface area contributed by atoms with E-state index in [4.69, 9.17) is 16.4 Å². The molecule has 1 aromatic carbocycles. The van der Waals surface area contributed by atoms with Gasteiger partial charge in [-0.3, -0.25) is 14.3 Å². The second kappa shape index (κ2) is 9.32. The molecule has 12 heteroatoms. The number of pyridine rings is 2. The normalized spacial score (nSPS) is 18.3. The molecule has 1 fully saturated rings. The molecule has 3 heterocycles. The van der Waals surface area contributed by atoms with Crippen LogP contribution in [0.25, 0.3) is 16.9 Å². The summed E-state index contributed by atoms with van der Waals surface area (Å²) >= 11 is 6.51. The van der Waals surface area contributed by atoms with Crippen LogP contribution in [0.2, 0.25) is 5.02 Å². The third-order valence-electron chi connectivity index (χ3n) is 6.56. The second-order valence-corrected chi connectivity index (χ2v) is 11.8. The van der Waals surface area contributed by atoms with Crippen LogP contribution in [0.4, 0.5) is 13.2 Å². The highest BCUT2D eigenvalue weighted by molar-refractivity contribution is 7.91. The van der Waals surface area contributed by atoms with Gasteiger partial charge in [0.05, 0.1) is 32.7 Å². The maximum atomic E-state index is 16.0. The Balaban J connectivity index is 1.61. The van der Waals surface area contributed by atoms with Gasteiger partial charge in [-0.15, -0.1) is 0 Å². The Morgan fingerprint density at radius 1 is 1.05 bits per heavy atom. The molecule has 196 valence electrons. The first kappa shape index (κ1) is 26.1. The number of hydrogen-bond acceptors (Lipinski definition) is 6. The lowest BCUT2D eigenvalue weighted by Crippen LogP contribution is -2.24. The van der Waals surface area contributed by atoms with E-state index < -0.39 is 38.4 Å². The number of rotatable bonds is 5. The Morgan fingerprint density at radius 2 is 1.74 bits per heavy atom. The van der Waals surface area contributed by atoms with E-state index in [9.17, 15) is 13.4 Å². The summed E-state index contributed by atoms with van der Waals surface area (Å²) in [5.41, 5.74) is -0.233. The molecule has 0 radical (unpaired) electrons. The van der Waals surface area contributed by atoms with Gasteiger partial charge in [-0.2, -0.15) is 0 Å². The Bertz CT molecular complexity index is 1780. The highest BCUT2D eigenvalue weighted by atomic mass is 35.5. The van der Waals surface area contributed by atoms with Crippen LogP contribution in [0.15, 0.2) is 52.5 Å². The standard InChI is InChI=1S/C26H21ClF3N5O2S/c1-12-9-32-23(15-5-4-6-19(21(15)29)38(3,31)37)22(30)24(12)35-13(2)7-17(20(27)26(35)36)16-8-18(16)25-33-10-14(28)11-34-25/h4-7,9-11,16,18,31H,8H2,1-3H3/t16-,18+,38+/m1/s1. The van der Waals surface area contributed by atoms with Gasteiger partial charge in [0.2, 0.25) is 0 Å². The first-order chi connectivity index (χ1) is 17.9. The van der Waals surface area contributed by atoms with Crippen molar-refractivity contribution in [1.82, 2.24) is 19.5 Å². The molecule has 1 saturated carbocycles. The fourth-order valence-corrected chi connectivity index (χ4v) is 5.71. The topological polar surface area (TPSA) is 102 Å². The Hall–Kier alpha value is -3.57. The van der Waals surface area contributed by atoms with Crippen LogP contribution < -0.4 is 5.56 Å². The van der Waals surface area contributed by atoms with Crippen molar-refractivity contribution in [2.24, 2.45) is 0 Å². The number of aromatic nitrogens is 4. The van der Waals surface area contributed by atoms with Crippen molar-refractivity contribution < 1.29 is 17.4 Å². The van der Waals surface area contributed by atoms with Crippen molar-refractivity contribution in [2.45, 2.75) is 37.0 Å². The minimum Gasteiger partial charge on any atom is -0.277 e. The van der Waals surface area contributed by atoms with Gasteiger partial charge in [-0.1, -0.05) is 17.7 Å². The number of halogens is 4. The molecule has 7 nitrogen and oxygen atoms in total. The lowest BCUT2D eigenvalue weighted by Gasteiger charge is -2.18. The van der Waals surface area contributed by atoms with Gasteiger partial charge in [0.15, 0.2) is 11.6 Å². The summed E-state index contributed by atoms with van der Waals surface area (Å²) in [5.74, 6) is -2.37. The van der Waals surface area contributed by atoms with Gasteiger partial charge in [-0.25, -0.2) is 32.1 Å². The van der Waals surface area contributed by atoms with E-state index in [1.54, 1.807) is 19.9 Å². The summed E-state index contributed by atoms with van der Waals surface area (Å²) in [5, 5.41) is -0.101. The highest BCUT2D eigenvalue weighted by Gasteiger charge is 2.43. The van der Waals surface area contributed by atoms with Crippen molar-refractivity contribution >= 4 is 21.3 Å². The minimum atomic E-state index is -3.43. The van der Waals surface area contributed by atoms with E-state index in [0.29, 0.717) is 29.1 Å². The molecule has 0 spiro atoms. The van der Waals surface area contributed by atoms with E-state index >= 15 is 8.78 Å². The molecule has 1 aliphatic rings. The zero-order valence-electron chi connectivity index (χ0n) is 20.4. The molecular formula is C26H21ClF3N5O2S. The Morgan fingerprint density at radius 3 is 2.39 bits per heavy atom. The van der Waals surface area contributed by atoms with Crippen LogP contribution >= 0.6 is 11.6 Å². The molecule has 3 atom stereocenters. The number of benzene rings is 1. The third-order valence-corrected chi connectivity index (χ3v) is 8.10. The fraction of sp³-hybridized carbons (Fsp3) is 0.231. The molecule has 0 unspecified atom stereocenters. The average molecular weight is 560 g/mol. The molecule has 38 heavy (non-hydrogen) atoms. The minimum absolute atomic E-state index is 0.101. The lowest BCUT2D eigenvalue weighted by atomic mass is 10.1. The summed E-state index contributed by atoms with van der Waals surface area (Å²) in [6.07, 6.45) is 5.15. The zero-order valence-corrected chi connectivity index (χ0v) is 22.0. The van der Waals surface area contributed by atoms with Gasteiger partial charge in [0.25, 0.3) is 5.56 Å². The summed E-state index contributed by atoms with van der Waals surface area (Å²) in [6.45, 7) is 3.18. The number of nitrogens with one attached hydrogen (secondary N) is 1. The molecular weight excluding hydrogens is 539 g/mol. The van der Waals surface area contributed by atoms with Crippen LogP contribution in [0.1, 0.15) is 40.9 Å². The largest absolute Gasteiger partial charge is 0.277 e. The van der Waals surface area contributed by atoms with Crippen molar-refractivity contribution in [2.75, 3.05) is 6.26 Å². The predicted octanol–water partition coefficient (Wildman–Crippen LogP) is 5.68. The maximum absolute atomic E-state index is 16.0. The molecule has 0 aliphatic heterocycles. The van der Waals surface area contributed by atoms with E-state index in [2.05, 4.69) is 15.0 Å². The van der Waals surface area contributed by atoms with E-state index in [-0.39, 0.29) is 33.0 Å². The predicted molar refractivity (Wildman–Crippen MR) is 137 cm³/mol. The van der Waals surface area contributed by atoms with Crippen LogP contribution in [0.5, 0.6) is 0 Å². The molecule has 1 N–H and O–H groups in total. The summed E-state index contributed by atoms with van der Waals surface area (Å²) < 4.78 is 65.5. The van der Waals surface area contributed by atoms with Crippen LogP contribution in [0.3, 0.4) is 0 Å². The fourth-order valence-electron chi connectivity index (χ4n) is 4.64. The van der Waals surface area contributed by atoms with Crippen LogP contribution in [0, 0.1) is 36.1 Å². The van der Waals surface area contributed by atoms with E-state index in [0.717, 1.165) is 23.2 Å². The first-order valence-electron chi connectivity index (χ1n) is 11.5. The molecule has 0 bridgehead atoms. The van der Waals surface area contributed by atoms with Crippen molar-refractivity contribution in [3.05, 3.63) is 98.3 Å². The van der Waals surface area contributed by atoms with Gasteiger partial charge in [0.1, 0.15) is 22.4 Å². The molecule has 3 aromatic heterocycles. The monoisotopic (exact) mass is 559 g/mol. The number of hydrogen-bond donors (Lipinski definition) is 1. The quantitative estimate of drug-likeness (QED) is 0.339. The Labute approximate surface area is 221 Å². The van der Waals surface area contributed by atoms with Crippen molar-refractivity contribution in [3.63, 3.8) is 0 Å². The van der Waals surface area contributed by atoms with Crippen LogP contribution in [-0.4, -0.2) is 30.0 Å². The smallest absolute Gasteiger partial charge is 0.274 e. The van der Waals surface area contributed by atoms with Gasteiger partial charge >= 0.3 is 0 Å². The first-order valence-corrected chi connectivity index (χ1v) is 13.8. The van der Waals surface area contributed by atoms with E-state index in [1.165, 1.54) is 24.4 Å². The molecule has 1 aliphatic carbocycles. The van der Waals surface area contributed by atoms with Gasteiger partial charge < -0.3 is 0 Å². The van der Waals surface area contributed by atoms with Crippen LogP contribution in [-0.2, 0) is 9.73 Å². The third kappa shape index (κ3) is 4.39. The average Bonchev–Trinajstić information content (AvgIpc) is 3.64. The SMILES string of the molecule is Cc1cnc(-c2cccc([S@@](C)(=N)=O)c2F)c(F)c1-n1c(C)cc([C@H]2C[C@@H]2c2ncc(F)cn2)c(Cl)c1=O. The van der Waals surface area contributed by atoms with Crippen molar-refractivity contribution in [3.8, 4) is 16.9 Å². The molecule has 5 rings (SSSR count). The maximum Gasteiger partial charge on any atom is 0.274 e. The Kier molecular flexibility index (Phi) is 6.39. The molecule has 4 aromatic rings. The highest BCUT2D eigenvalue weighted by Crippen LogP contribution is 2.54. The zero-order chi connectivity index (χ0) is 27.5. The summed E-state index contributed by atoms with van der Waals surface area (Å²) in [4.78, 5) is 25.2. The summed E-state index contributed by atoms with van der Waals surface area (Å²) in [6, 6.07) is 5.53. The summed E-state index contributed by atoms with van der Waals surface area (Å²) in [7, 11) is -3.43. The van der Waals surface area contributed by atoms with Gasteiger partial charge in [0, 0.05) is 29.6 Å². The van der Waals surface area contributed by atoms with E-state index in [1.807, 2.05) is 0 Å². The number of nitrogens with zero attached hydrogens (tertiary/aromatic N) is 4. The van der Waals surface area contributed by atoms with Crippen molar-refractivity contribution in [1.29, 1.82) is 4.78 Å². The lowest BCUT2D eigenvalue weighted by molar-refractivity contribution is 0.586. The second-order valence-electron chi connectivity index (χ2n) is 9.32. The molecule has 0 amide bonds. The molecule has 0 saturated heterocycles.